The van der Waals surface area contributed by atoms with Gasteiger partial charge < -0.3 is 5.32 Å². The lowest BCUT2D eigenvalue weighted by molar-refractivity contribution is -0.118. The average molecular weight is 418 g/mol. The highest BCUT2D eigenvalue weighted by Gasteiger charge is 2.40. The Hall–Kier alpha value is -1.61. The molecule has 0 radical (unpaired) electrons. The highest BCUT2D eigenvalue weighted by Crippen LogP contribution is 2.46. The van der Waals surface area contributed by atoms with Crippen molar-refractivity contribution in [2.24, 2.45) is 5.41 Å². The summed E-state index contributed by atoms with van der Waals surface area (Å²) in [6.07, 6.45) is 1.37. The summed E-state index contributed by atoms with van der Waals surface area (Å²) < 4.78 is 1.14. The molecule has 1 unspecified atom stereocenters. The lowest BCUT2D eigenvalue weighted by atomic mass is 9.69. The zero-order chi connectivity index (χ0) is 16.8. The zero-order valence-electron chi connectivity index (χ0n) is 13.5. The van der Waals surface area contributed by atoms with Gasteiger partial charge in [0.2, 0.25) is 0 Å². The van der Waals surface area contributed by atoms with Crippen LogP contribution >= 0.6 is 22.6 Å². The first-order valence-corrected chi connectivity index (χ1v) is 8.80. The molecule has 3 nitrogen and oxygen atoms in total. The van der Waals surface area contributed by atoms with E-state index < -0.39 is 0 Å². The molecule has 1 N–H and O–H groups in total. The second-order valence-corrected chi connectivity index (χ2v) is 8.34. The van der Waals surface area contributed by atoms with Gasteiger partial charge in [-0.15, -0.1) is 0 Å². The fourth-order valence-electron chi connectivity index (χ4n) is 3.57. The Balaban J connectivity index is 2.17. The lowest BCUT2D eigenvalue weighted by Crippen LogP contribution is -2.36. The van der Waals surface area contributed by atoms with E-state index in [1.165, 1.54) is 0 Å². The smallest absolute Gasteiger partial charge is 0.162 e. The van der Waals surface area contributed by atoms with Crippen molar-refractivity contribution in [1.82, 2.24) is 5.32 Å². The first-order chi connectivity index (χ1) is 10.8. The second kappa shape index (κ2) is 5.79. The molecule has 1 atom stereocenters. The van der Waals surface area contributed by atoms with Crippen molar-refractivity contribution in [3.05, 3.63) is 55.9 Å². The Morgan fingerprint density at radius 3 is 2.52 bits per heavy atom. The fraction of sp³-hybridized carbons (Fsp3) is 0.368. The van der Waals surface area contributed by atoms with Gasteiger partial charge in [0.1, 0.15) is 0 Å². The van der Waals surface area contributed by atoms with Crippen molar-refractivity contribution >= 4 is 28.4 Å². The Labute approximate surface area is 150 Å². The molecule has 118 valence electrons. The van der Waals surface area contributed by atoms with E-state index in [9.17, 15) is 10.1 Å². The van der Waals surface area contributed by atoms with Gasteiger partial charge in [0.15, 0.2) is 5.78 Å². The SMILES string of the molecule is CC1=C(C#N)C(c2ccc(I)cc2)C2=C(CC(C)(C)CC2=O)N1. The lowest BCUT2D eigenvalue weighted by Gasteiger charge is -2.38. The topological polar surface area (TPSA) is 52.9 Å². The summed E-state index contributed by atoms with van der Waals surface area (Å²) in [5, 5.41) is 13.0. The number of dihydropyridines is 1. The highest BCUT2D eigenvalue weighted by molar-refractivity contribution is 14.1. The predicted molar refractivity (Wildman–Crippen MR) is 98.4 cm³/mol. The van der Waals surface area contributed by atoms with E-state index in [1.54, 1.807) is 0 Å². The van der Waals surface area contributed by atoms with Gasteiger partial charge in [-0.2, -0.15) is 5.26 Å². The minimum Gasteiger partial charge on any atom is -0.361 e. The standard InChI is InChI=1S/C19H19IN2O/c1-11-14(10-21)17(12-4-6-13(20)7-5-12)18-15(22-11)8-19(2,3)9-16(18)23/h4-7,17,22H,8-9H2,1-3H3. The summed E-state index contributed by atoms with van der Waals surface area (Å²) in [6.45, 7) is 6.16. The minimum absolute atomic E-state index is 0.0377. The number of halogens is 1. The fourth-order valence-corrected chi connectivity index (χ4v) is 3.93. The third-order valence-electron chi connectivity index (χ3n) is 4.56. The number of rotatable bonds is 1. The van der Waals surface area contributed by atoms with Crippen molar-refractivity contribution in [2.75, 3.05) is 0 Å². The molecule has 0 fully saturated rings. The van der Waals surface area contributed by atoms with E-state index in [1.807, 2.05) is 31.2 Å². The molecule has 0 spiro atoms. The monoisotopic (exact) mass is 418 g/mol. The van der Waals surface area contributed by atoms with Crippen LogP contribution in [0.5, 0.6) is 0 Å². The van der Waals surface area contributed by atoms with Crippen LogP contribution in [-0.2, 0) is 4.79 Å². The molecule has 0 amide bonds. The first kappa shape index (κ1) is 16.3. The Morgan fingerprint density at radius 1 is 1.26 bits per heavy atom. The van der Waals surface area contributed by atoms with Gasteiger partial charge in [-0.25, -0.2) is 0 Å². The van der Waals surface area contributed by atoms with Crippen LogP contribution in [0.15, 0.2) is 46.8 Å². The molecule has 0 saturated carbocycles. The number of Topliss-reactive ketones (excluding diaryl/α,β-unsaturated/α-hetero) is 1. The number of hydrogen-bond donors (Lipinski definition) is 1. The number of carbonyl (C=O) groups is 1. The van der Waals surface area contributed by atoms with Crippen LogP contribution in [0.3, 0.4) is 0 Å². The van der Waals surface area contributed by atoms with Gasteiger partial charge in [0.05, 0.1) is 17.6 Å². The first-order valence-electron chi connectivity index (χ1n) is 7.72. The van der Waals surface area contributed by atoms with Crippen LogP contribution in [0, 0.1) is 20.3 Å². The summed E-state index contributed by atoms with van der Waals surface area (Å²) >= 11 is 2.26. The molecule has 1 aromatic rings. The van der Waals surface area contributed by atoms with E-state index in [4.69, 9.17) is 0 Å². The number of hydrogen-bond acceptors (Lipinski definition) is 3. The Bertz CT molecular complexity index is 779. The predicted octanol–water partition coefficient (Wildman–Crippen LogP) is 4.42. The second-order valence-electron chi connectivity index (χ2n) is 7.09. The quantitative estimate of drug-likeness (QED) is 0.688. The average Bonchev–Trinajstić information content (AvgIpc) is 2.45. The molecule has 1 aromatic carbocycles. The molecule has 3 rings (SSSR count). The molecule has 2 aliphatic rings. The summed E-state index contributed by atoms with van der Waals surface area (Å²) in [5.41, 5.74) is 4.27. The summed E-state index contributed by atoms with van der Waals surface area (Å²) in [4.78, 5) is 12.8. The summed E-state index contributed by atoms with van der Waals surface area (Å²) in [6, 6.07) is 10.4. The van der Waals surface area contributed by atoms with E-state index in [-0.39, 0.29) is 17.1 Å². The molecule has 1 heterocycles. The number of nitrogens with zero attached hydrogens (tertiary/aromatic N) is 1. The number of carbonyl (C=O) groups excluding carboxylic acids is 1. The minimum atomic E-state index is -0.239. The van der Waals surface area contributed by atoms with Gasteiger partial charge in [-0.1, -0.05) is 26.0 Å². The van der Waals surface area contributed by atoms with Crippen molar-refractivity contribution in [2.45, 2.75) is 39.5 Å². The third kappa shape index (κ3) is 2.94. The maximum atomic E-state index is 12.8. The van der Waals surface area contributed by atoms with Gasteiger partial charge >= 0.3 is 0 Å². The van der Waals surface area contributed by atoms with Crippen LogP contribution in [-0.4, -0.2) is 5.78 Å². The third-order valence-corrected chi connectivity index (χ3v) is 5.28. The van der Waals surface area contributed by atoms with E-state index in [2.05, 4.69) is 47.8 Å². The van der Waals surface area contributed by atoms with E-state index in [0.29, 0.717) is 12.0 Å². The van der Waals surface area contributed by atoms with Crippen LogP contribution in [0.25, 0.3) is 0 Å². The molecule has 1 aliphatic heterocycles. The molecule has 1 aliphatic carbocycles. The van der Waals surface area contributed by atoms with Crippen LogP contribution < -0.4 is 5.32 Å². The van der Waals surface area contributed by atoms with Crippen LogP contribution in [0.2, 0.25) is 0 Å². The van der Waals surface area contributed by atoms with E-state index >= 15 is 0 Å². The summed E-state index contributed by atoms with van der Waals surface area (Å²) in [7, 11) is 0. The maximum absolute atomic E-state index is 12.8. The molecule has 0 aromatic heterocycles. The molecule has 4 heteroatoms. The van der Waals surface area contributed by atoms with Crippen molar-refractivity contribution < 1.29 is 4.79 Å². The van der Waals surface area contributed by atoms with Gasteiger partial charge in [-0.3, -0.25) is 4.79 Å². The molecular weight excluding hydrogens is 399 g/mol. The number of nitriles is 1. The van der Waals surface area contributed by atoms with Crippen molar-refractivity contribution in [3.8, 4) is 6.07 Å². The van der Waals surface area contributed by atoms with Crippen LogP contribution in [0.4, 0.5) is 0 Å². The van der Waals surface area contributed by atoms with Gasteiger partial charge in [-0.05, 0) is 59.0 Å². The Morgan fingerprint density at radius 2 is 1.91 bits per heavy atom. The number of benzene rings is 1. The molecule has 0 saturated heterocycles. The number of allylic oxidation sites excluding steroid dienone is 4. The van der Waals surface area contributed by atoms with Crippen molar-refractivity contribution in [3.63, 3.8) is 0 Å². The number of ketones is 1. The molecule has 0 bridgehead atoms. The molecule has 23 heavy (non-hydrogen) atoms. The van der Waals surface area contributed by atoms with Gasteiger partial charge in [0.25, 0.3) is 0 Å². The van der Waals surface area contributed by atoms with Crippen LogP contribution in [0.1, 0.15) is 45.1 Å². The molecular formula is C19H19IN2O. The maximum Gasteiger partial charge on any atom is 0.162 e. The Kier molecular flexibility index (Phi) is 4.09. The highest BCUT2D eigenvalue weighted by atomic mass is 127. The largest absolute Gasteiger partial charge is 0.361 e. The summed E-state index contributed by atoms with van der Waals surface area (Å²) in [5.74, 6) is -0.0793. The van der Waals surface area contributed by atoms with E-state index in [0.717, 1.165) is 32.5 Å². The van der Waals surface area contributed by atoms with Crippen molar-refractivity contribution in [1.29, 1.82) is 5.26 Å². The normalized spacial score (nSPS) is 23.3. The van der Waals surface area contributed by atoms with Gasteiger partial charge in [0, 0.05) is 27.0 Å². The number of nitrogens with one attached hydrogen (secondary N) is 1. The zero-order valence-corrected chi connectivity index (χ0v) is 15.7.